The van der Waals surface area contributed by atoms with E-state index in [-0.39, 0.29) is 12.5 Å². The lowest BCUT2D eigenvalue weighted by Crippen LogP contribution is -2.48. The summed E-state index contributed by atoms with van der Waals surface area (Å²) in [5.74, 6) is 0.824. The highest BCUT2D eigenvalue weighted by atomic mass is 16.5. The topological polar surface area (TPSA) is 44.8 Å². The zero-order valence-electron chi connectivity index (χ0n) is 19.0. The summed E-state index contributed by atoms with van der Waals surface area (Å²) in [6, 6.07) is 17.7. The van der Waals surface area contributed by atoms with Crippen LogP contribution in [0.5, 0.6) is 5.75 Å². The Kier molecular flexibility index (Phi) is 6.81. The van der Waals surface area contributed by atoms with E-state index >= 15 is 0 Å². The van der Waals surface area contributed by atoms with Gasteiger partial charge in [0.25, 0.3) is 5.91 Å². The Morgan fingerprint density at radius 3 is 2.61 bits per heavy atom. The highest BCUT2D eigenvalue weighted by Gasteiger charge is 2.37. The fourth-order valence-electron chi connectivity index (χ4n) is 5.17. The van der Waals surface area contributed by atoms with E-state index in [1.807, 2.05) is 36.1 Å². The largest absolute Gasteiger partial charge is 0.484 e. The molecule has 31 heavy (non-hydrogen) atoms. The molecule has 1 saturated heterocycles. The average Bonchev–Trinajstić information content (AvgIpc) is 3.14. The summed E-state index contributed by atoms with van der Waals surface area (Å²) < 4.78 is 5.93. The molecule has 166 valence electrons. The Labute approximate surface area is 186 Å². The predicted octanol–water partition coefficient (Wildman–Crippen LogP) is 4.46. The van der Waals surface area contributed by atoms with Gasteiger partial charge in [-0.3, -0.25) is 9.69 Å². The molecule has 2 aliphatic rings. The van der Waals surface area contributed by atoms with E-state index in [0.717, 1.165) is 42.9 Å². The minimum atomic E-state index is 0.0458. The van der Waals surface area contributed by atoms with E-state index < -0.39 is 0 Å². The summed E-state index contributed by atoms with van der Waals surface area (Å²) >= 11 is 0. The monoisotopic (exact) mass is 421 g/mol. The molecule has 2 aromatic carbocycles. The van der Waals surface area contributed by atoms with Crippen LogP contribution >= 0.6 is 0 Å². The quantitative estimate of drug-likeness (QED) is 0.792. The van der Waals surface area contributed by atoms with Crippen molar-refractivity contribution in [1.82, 2.24) is 9.80 Å². The van der Waals surface area contributed by atoms with Gasteiger partial charge >= 0.3 is 0 Å². The van der Waals surface area contributed by atoms with E-state index in [9.17, 15) is 4.79 Å². The molecule has 0 radical (unpaired) electrons. The van der Waals surface area contributed by atoms with Gasteiger partial charge in [0.15, 0.2) is 6.61 Å². The zero-order chi connectivity index (χ0) is 21.8. The van der Waals surface area contributed by atoms with Crippen molar-refractivity contribution < 1.29 is 9.53 Å². The van der Waals surface area contributed by atoms with Crippen molar-refractivity contribution in [2.75, 3.05) is 25.0 Å². The van der Waals surface area contributed by atoms with Gasteiger partial charge in [0.1, 0.15) is 5.75 Å². The summed E-state index contributed by atoms with van der Waals surface area (Å²) in [4.78, 5) is 18.0. The third-order valence-corrected chi connectivity index (χ3v) is 6.67. The highest BCUT2D eigenvalue weighted by molar-refractivity contribution is 5.78. The van der Waals surface area contributed by atoms with Gasteiger partial charge in [-0.25, -0.2) is 0 Å². The smallest absolute Gasteiger partial charge is 0.260 e. The number of benzene rings is 2. The molecule has 2 aliphatic heterocycles. The van der Waals surface area contributed by atoms with E-state index in [2.05, 4.69) is 48.3 Å². The van der Waals surface area contributed by atoms with Crippen LogP contribution in [-0.4, -0.2) is 53.5 Å². The van der Waals surface area contributed by atoms with Crippen molar-refractivity contribution in [2.45, 2.75) is 64.7 Å². The molecule has 4 rings (SSSR count). The standard InChI is InChI=1S/C26H35N3O2/c1-19(2)29-22-12-13-23(29)17-28(16-21-9-5-6-10-24(21)27-15-14-22)26(30)18-31-25-11-7-4-8-20(25)3/h4-11,19,22-23,27H,12-18H2,1-3H3/t22-,23+/m1/s1. The van der Waals surface area contributed by atoms with Crippen LogP contribution in [0.15, 0.2) is 48.5 Å². The van der Waals surface area contributed by atoms with Crippen LogP contribution < -0.4 is 10.1 Å². The lowest BCUT2D eigenvalue weighted by molar-refractivity contribution is -0.135. The van der Waals surface area contributed by atoms with Crippen molar-refractivity contribution in [3.63, 3.8) is 0 Å². The second-order valence-corrected chi connectivity index (χ2v) is 9.13. The number of amides is 1. The fraction of sp³-hybridized carbons (Fsp3) is 0.500. The van der Waals surface area contributed by atoms with Crippen LogP contribution in [0.3, 0.4) is 0 Å². The van der Waals surface area contributed by atoms with Gasteiger partial charge in [-0.05, 0) is 63.3 Å². The molecule has 0 saturated carbocycles. The number of nitrogens with one attached hydrogen (secondary N) is 1. The minimum absolute atomic E-state index is 0.0458. The van der Waals surface area contributed by atoms with Crippen LogP contribution in [0.4, 0.5) is 5.69 Å². The summed E-state index contributed by atoms with van der Waals surface area (Å²) in [5, 5.41) is 3.63. The molecule has 2 atom stereocenters. The molecule has 5 heteroatoms. The van der Waals surface area contributed by atoms with Crippen molar-refractivity contribution in [3.8, 4) is 5.75 Å². The second-order valence-electron chi connectivity index (χ2n) is 9.13. The first-order chi connectivity index (χ1) is 15.0. The summed E-state index contributed by atoms with van der Waals surface area (Å²) in [6.45, 7) is 8.95. The number of hydrogen-bond donors (Lipinski definition) is 1. The van der Waals surface area contributed by atoms with Crippen LogP contribution in [0.1, 0.15) is 44.2 Å². The van der Waals surface area contributed by atoms with Crippen molar-refractivity contribution in [2.24, 2.45) is 0 Å². The Morgan fingerprint density at radius 2 is 1.81 bits per heavy atom. The van der Waals surface area contributed by atoms with Crippen LogP contribution in [0.2, 0.25) is 0 Å². The maximum Gasteiger partial charge on any atom is 0.260 e. The molecule has 0 aromatic heterocycles. The van der Waals surface area contributed by atoms with Gasteiger partial charge in [-0.2, -0.15) is 0 Å². The van der Waals surface area contributed by atoms with Gasteiger partial charge < -0.3 is 15.0 Å². The van der Waals surface area contributed by atoms with E-state index in [1.165, 1.54) is 12.0 Å². The van der Waals surface area contributed by atoms with Gasteiger partial charge in [-0.1, -0.05) is 36.4 Å². The lowest BCUT2D eigenvalue weighted by Gasteiger charge is -2.36. The zero-order valence-corrected chi connectivity index (χ0v) is 19.0. The van der Waals surface area contributed by atoms with Crippen molar-refractivity contribution in [1.29, 1.82) is 0 Å². The van der Waals surface area contributed by atoms with Crippen LogP contribution in [-0.2, 0) is 11.3 Å². The normalized spacial score (nSPS) is 21.9. The SMILES string of the molecule is Cc1ccccc1OCC(=O)N1Cc2ccccc2NCC[C@H]2CC[C@@H](C1)N2C(C)C. The lowest BCUT2D eigenvalue weighted by atomic mass is 10.1. The van der Waals surface area contributed by atoms with Gasteiger partial charge in [-0.15, -0.1) is 0 Å². The van der Waals surface area contributed by atoms with Gasteiger partial charge in [0.2, 0.25) is 0 Å². The number of ether oxygens (including phenoxy) is 1. The third kappa shape index (κ3) is 5.04. The Morgan fingerprint density at radius 1 is 1.06 bits per heavy atom. The molecule has 1 amide bonds. The maximum absolute atomic E-state index is 13.4. The molecular weight excluding hydrogens is 386 g/mol. The number of carbonyl (C=O) groups excluding carboxylic acids is 1. The Balaban J connectivity index is 1.57. The molecule has 0 aliphatic carbocycles. The highest BCUT2D eigenvalue weighted by Crippen LogP contribution is 2.31. The molecular formula is C26H35N3O2. The van der Waals surface area contributed by atoms with E-state index in [4.69, 9.17) is 4.74 Å². The molecule has 0 unspecified atom stereocenters. The number of hydrogen-bond acceptors (Lipinski definition) is 4. The van der Waals surface area contributed by atoms with Crippen LogP contribution in [0.25, 0.3) is 0 Å². The fourth-order valence-corrected chi connectivity index (χ4v) is 5.17. The minimum Gasteiger partial charge on any atom is -0.484 e. The maximum atomic E-state index is 13.4. The first-order valence-corrected chi connectivity index (χ1v) is 11.6. The van der Waals surface area contributed by atoms with Crippen molar-refractivity contribution in [3.05, 3.63) is 59.7 Å². The number of rotatable bonds is 4. The summed E-state index contributed by atoms with van der Waals surface area (Å²) in [6.07, 6.45) is 3.48. The first kappa shape index (κ1) is 21.7. The molecule has 1 fully saturated rings. The number of para-hydroxylation sites is 2. The molecule has 2 heterocycles. The number of anilines is 1. The number of nitrogens with zero attached hydrogens (tertiary/aromatic N) is 2. The number of carbonyl (C=O) groups is 1. The van der Waals surface area contributed by atoms with Gasteiger partial charge in [0.05, 0.1) is 0 Å². The molecule has 2 bridgehead atoms. The first-order valence-electron chi connectivity index (χ1n) is 11.6. The predicted molar refractivity (Wildman–Crippen MR) is 125 cm³/mol. The van der Waals surface area contributed by atoms with Crippen LogP contribution in [0, 0.1) is 6.92 Å². The molecule has 0 spiro atoms. The summed E-state index contributed by atoms with van der Waals surface area (Å²) in [5.41, 5.74) is 3.35. The average molecular weight is 422 g/mol. The third-order valence-electron chi connectivity index (χ3n) is 6.67. The van der Waals surface area contributed by atoms with E-state index in [1.54, 1.807) is 0 Å². The Bertz CT molecular complexity index is 898. The summed E-state index contributed by atoms with van der Waals surface area (Å²) in [7, 11) is 0. The number of fused-ring (bicyclic) bond motifs is 3. The molecule has 2 aromatic rings. The van der Waals surface area contributed by atoms with Gasteiger partial charge in [0, 0.05) is 43.4 Å². The molecule has 1 N–H and O–H groups in total. The second kappa shape index (κ2) is 9.73. The van der Waals surface area contributed by atoms with E-state index in [0.29, 0.717) is 24.7 Å². The molecule has 5 nitrogen and oxygen atoms in total. The van der Waals surface area contributed by atoms with Crippen molar-refractivity contribution >= 4 is 11.6 Å². The Hall–Kier alpha value is -2.53. The number of aryl methyl sites for hydroxylation is 1.